The highest BCUT2D eigenvalue weighted by Gasteiger charge is 2.23. The number of hydrogen-bond acceptors (Lipinski definition) is 4. The zero-order valence-electron chi connectivity index (χ0n) is 11.3. The van der Waals surface area contributed by atoms with Gasteiger partial charge in [0, 0.05) is 15.3 Å². The van der Waals surface area contributed by atoms with Crippen molar-refractivity contribution in [2.24, 2.45) is 5.84 Å². The number of ether oxygens (including phenoxy) is 1. The molecule has 0 fully saturated rings. The van der Waals surface area contributed by atoms with Crippen LogP contribution in [0.3, 0.4) is 0 Å². The summed E-state index contributed by atoms with van der Waals surface area (Å²) in [7, 11) is 1.58. The van der Waals surface area contributed by atoms with E-state index in [2.05, 4.69) is 11.5 Å². The van der Waals surface area contributed by atoms with Crippen LogP contribution >= 0.6 is 11.3 Å². The summed E-state index contributed by atoms with van der Waals surface area (Å²) >= 11 is 1.75. The number of benzene rings is 1. The Morgan fingerprint density at radius 2 is 2.20 bits per heavy atom. The molecule has 3 nitrogen and oxygen atoms in total. The zero-order chi connectivity index (χ0) is 14.1. The Labute approximate surface area is 121 Å². The molecule has 1 aliphatic rings. The molecule has 0 bridgehead atoms. The SMILES string of the molecule is COc1ccc(F)cc1C(NN)c1cc2c(s1)CCC2. The van der Waals surface area contributed by atoms with Crippen molar-refractivity contribution in [3.8, 4) is 5.75 Å². The first-order valence-electron chi connectivity index (χ1n) is 6.64. The third-order valence-corrected chi connectivity index (χ3v) is 5.02. The Morgan fingerprint density at radius 1 is 1.35 bits per heavy atom. The maximum atomic E-state index is 13.5. The molecule has 5 heteroatoms. The quantitative estimate of drug-likeness (QED) is 0.673. The topological polar surface area (TPSA) is 47.3 Å². The summed E-state index contributed by atoms with van der Waals surface area (Å²) in [4.78, 5) is 2.54. The molecule has 106 valence electrons. The van der Waals surface area contributed by atoms with Gasteiger partial charge >= 0.3 is 0 Å². The number of rotatable bonds is 4. The van der Waals surface area contributed by atoms with Crippen molar-refractivity contribution in [1.82, 2.24) is 5.43 Å². The smallest absolute Gasteiger partial charge is 0.124 e. The van der Waals surface area contributed by atoms with Crippen molar-refractivity contribution < 1.29 is 9.13 Å². The number of hydrazine groups is 1. The van der Waals surface area contributed by atoms with Gasteiger partial charge in [-0.05, 0) is 49.1 Å². The van der Waals surface area contributed by atoms with E-state index >= 15 is 0 Å². The Bertz CT molecular complexity index is 605. The fraction of sp³-hybridized carbons (Fsp3) is 0.333. The van der Waals surface area contributed by atoms with Crippen molar-refractivity contribution in [3.05, 3.63) is 51.0 Å². The zero-order valence-corrected chi connectivity index (χ0v) is 12.1. The van der Waals surface area contributed by atoms with E-state index in [0.717, 1.165) is 23.3 Å². The number of thiophene rings is 1. The van der Waals surface area contributed by atoms with Gasteiger partial charge in [-0.15, -0.1) is 11.3 Å². The molecular weight excluding hydrogens is 275 g/mol. The first kappa shape index (κ1) is 13.5. The van der Waals surface area contributed by atoms with Crippen LogP contribution < -0.4 is 16.0 Å². The molecule has 0 amide bonds. The molecule has 1 aromatic carbocycles. The number of halogens is 1. The normalized spacial score (nSPS) is 15.2. The van der Waals surface area contributed by atoms with Gasteiger partial charge in [0.2, 0.25) is 0 Å². The number of aryl methyl sites for hydroxylation is 2. The van der Waals surface area contributed by atoms with E-state index < -0.39 is 0 Å². The van der Waals surface area contributed by atoms with E-state index in [0.29, 0.717) is 5.75 Å². The summed E-state index contributed by atoms with van der Waals surface area (Å²) in [6.07, 6.45) is 3.49. The number of nitrogens with one attached hydrogen (secondary N) is 1. The molecule has 3 N–H and O–H groups in total. The molecule has 0 radical (unpaired) electrons. The standard InChI is InChI=1S/C15H17FN2OS/c1-19-12-6-5-10(16)8-11(12)15(18-17)14-7-9-3-2-4-13(9)20-14/h5-8,15,18H,2-4,17H2,1H3. The van der Waals surface area contributed by atoms with Crippen LogP contribution in [0.1, 0.15) is 33.3 Å². The summed E-state index contributed by atoms with van der Waals surface area (Å²) in [5.74, 6) is 6.06. The van der Waals surface area contributed by atoms with E-state index in [-0.39, 0.29) is 11.9 Å². The van der Waals surface area contributed by atoms with Crippen LogP contribution in [0.15, 0.2) is 24.3 Å². The van der Waals surface area contributed by atoms with Gasteiger partial charge in [0.05, 0.1) is 13.2 Å². The van der Waals surface area contributed by atoms with Crippen LogP contribution in [0, 0.1) is 5.82 Å². The lowest BCUT2D eigenvalue weighted by atomic mass is 10.0. The van der Waals surface area contributed by atoms with Crippen LogP contribution in [0.5, 0.6) is 5.75 Å². The fourth-order valence-corrected chi connectivity index (χ4v) is 4.09. The molecule has 1 heterocycles. The van der Waals surface area contributed by atoms with Gasteiger partial charge in [0.1, 0.15) is 11.6 Å². The van der Waals surface area contributed by atoms with Crippen molar-refractivity contribution in [2.45, 2.75) is 25.3 Å². The average molecular weight is 292 g/mol. The lowest BCUT2D eigenvalue weighted by molar-refractivity contribution is 0.403. The second-order valence-electron chi connectivity index (χ2n) is 4.94. The maximum Gasteiger partial charge on any atom is 0.124 e. The van der Waals surface area contributed by atoms with E-state index in [9.17, 15) is 4.39 Å². The second-order valence-corrected chi connectivity index (χ2v) is 6.11. The number of hydrogen-bond donors (Lipinski definition) is 2. The highest BCUT2D eigenvalue weighted by atomic mass is 32.1. The average Bonchev–Trinajstić information content (AvgIpc) is 3.01. The monoisotopic (exact) mass is 292 g/mol. The molecule has 20 heavy (non-hydrogen) atoms. The lowest BCUT2D eigenvalue weighted by Crippen LogP contribution is -2.28. The van der Waals surface area contributed by atoms with Crippen LogP contribution in [-0.2, 0) is 12.8 Å². The van der Waals surface area contributed by atoms with Crippen LogP contribution in [-0.4, -0.2) is 7.11 Å². The van der Waals surface area contributed by atoms with Crippen molar-refractivity contribution >= 4 is 11.3 Å². The first-order chi connectivity index (χ1) is 9.72. The first-order valence-corrected chi connectivity index (χ1v) is 7.45. The van der Waals surface area contributed by atoms with Crippen LogP contribution in [0.4, 0.5) is 4.39 Å². The minimum Gasteiger partial charge on any atom is -0.496 e. The Kier molecular flexibility index (Phi) is 3.74. The summed E-state index contributed by atoms with van der Waals surface area (Å²) in [6, 6.07) is 6.45. The molecule has 3 rings (SSSR count). The van der Waals surface area contributed by atoms with Crippen LogP contribution in [0.2, 0.25) is 0 Å². The molecule has 0 spiro atoms. The third-order valence-electron chi connectivity index (χ3n) is 3.72. The van der Waals surface area contributed by atoms with Crippen molar-refractivity contribution in [2.75, 3.05) is 7.11 Å². The molecule has 0 saturated carbocycles. The molecule has 2 aromatic rings. The van der Waals surface area contributed by atoms with Gasteiger partial charge in [0.15, 0.2) is 0 Å². The highest BCUT2D eigenvalue weighted by molar-refractivity contribution is 7.12. The minimum atomic E-state index is -0.287. The molecule has 0 aliphatic heterocycles. The molecular formula is C15H17FN2OS. The van der Waals surface area contributed by atoms with Crippen LogP contribution in [0.25, 0.3) is 0 Å². The van der Waals surface area contributed by atoms with Gasteiger partial charge in [-0.25, -0.2) is 9.82 Å². The fourth-order valence-electron chi connectivity index (χ4n) is 2.75. The van der Waals surface area contributed by atoms with Gasteiger partial charge in [0.25, 0.3) is 0 Å². The van der Waals surface area contributed by atoms with Crippen molar-refractivity contribution in [1.29, 1.82) is 0 Å². The molecule has 1 unspecified atom stereocenters. The number of nitrogens with two attached hydrogens (primary N) is 1. The Morgan fingerprint density at radius 3 is 2.90 bits per heavy atom. The van der Waals surface area contributed by atoms with Gasteiger partial charge in [-0.2, -0.15) is 0 Å². The van der Waals surface area contributed by atoms with Gasteiger partial charge < -0.3 is 4.74 Å². The summed E-state index contributed by atoms with van der Waals surface area (Å²) in [5, 5.41) is 0. The number of fused-ring (bicyclic) bond motifs is 1. The van der Waals surface area contributed by atoms with Gasteiger partial charge in [-0.1, -0.05) is 0 Å². The lowest BCUT2D eigenvalue weighted by Gasteiger charge is -2.18. The predicted molar refractivity (Wildman–Crippen MR) is 78.5 cm³/mol. The van der Waals surface area contributed by atoms with Gasteiger partial charge in [-0.3, -0.25) is 5.84 Å². The Balaban J connectivity index is 2.02. The molecule has 1 atom stereocenters. The molecule has 0 saturated heterocycles. The molecule has 1 aromatic heterocycles. The maximum absolute atomic E-state index is 13.5. The van der Waals surface area contributed by atoms with E-state index in [1.54, 1.807) is 24.5 Å². The predicted octanol–water partition coefficient (Wildman–Crippen LogP) is 2.94. The Hall–Kier alpha value is -1.43. The highest BCUT2D eigenvalue weighted by Crippen LogP contribution is 2.38. The largest absolute Gasteiger partial charge is 0.496 e. The number of methoxy groups -OCH3 is 1. The third kappa shape index (κ3) is 2.32. The van der Waals surface area contributed by atoms with E-state index in [1.807, 2.05) is 0 Å². The summed E-state index contributed by atoms with van der Waals surface area (Å²) in [5.41, 5.74) is 4.92. The van der Waals surface area contributed by atoms with E-state index in [4.69, 9.17) is 10.6 Å². The van der Waals surface area contributed by atoms with E-state index in [1.165, 1.54) is 29.0 Å². The molecule has 1 aliphatic carbocycles. The summed E-state index contributed by atoms with van der Waals surface area (Å²) < 4.78 is 18.9. The minimum absolute atomic E-state index is 0.240. The summed E-state index contributed by atoms with van der Waals surface area (Å²) in [6.45, 7) is 0. The second kappa shape index (κ2) is 5.52. The van der Waals surface area contributed by atoms with Crippen molar-refractivity contribution in [3.63, 3.8) is 0 Å².